The van der Waals surface area contributed by atoms with E-state index in [-0.39, 0.29) is 11.3 Å². The predicted octanol–water partition coefficient (Wildman–Crippen LogP) is 4.64. The third-order valence-corrected chi connectivity index (χ3v) is 5.10. The minimum atomic E-state index is -0.373. The summed E-state index contributed by atoms with van der Waals surface area (Å²) >= 11 is 3.58. The number of carbonyl (C=O) groups is 1. The van der Waals surface area contributed by atoms with Crippen LogP contribution in [0.4, 0.5) is 0 Å². The zero-order valence-electron chi connectivity index (χ0n) is 11.7. The van der Waals surface area contributed by atoms with E-state index in [0.717, 1.165) is 10.9 Å². The van der Waals surface area contributed by atoms with Crippen LogP contribution in [0.1, 0.15) is 36.5 Å². The van der Waals surface area contributed by atoms with Crippen molar-refractivity contribution in [2.45, 2.75) is 31.6 Å². The number of Topliss-reactive ketones (excluding diaryl/α,β-unsaturated/α-hetero) is 1. The van der Waals surface area contributed by atoms with Gasteiger partial charge in [-0.05, 0) is 43.0 Å². The Morgan fingerprint density at radius 3 is 2.45 bits per heavy atom. The molecule has 0 unspecified atom stereocenters. The SMILES string of the molecule is CC1(C)C(=O)[C@H](Cc2ccccc2Br)c2ccccc21. The summed E-state index contributed by atoms with van der Waals surface area (Å²) in [5.74, 6) is 0.300. The van der Waals surface area contributed by atoms with Crippen LogP contribution in [0, 0.1) is 0 Å². The lowest BCUT2D eigenvalue weighted by atomic mass is 9.84. The summed E-state index contributed by atoms with van der Waals surface area (Å²) in [6.07, 6.45) is 0.765. The normalized spacial score (nSPS) is 19.9. The number of hydrogen-bond donors (Lipinski definition) is 0. The van der Waals surface area contributed by atoms with E-state index in [4.69, 9.17) is 0 Å². The van der Waals surface area contributed by atoms with Gasteiger partial charge in [0.1, 0.15) is 0 Å². The third kappa shape index (κ3) is 2.03. The molecule has 0 saturated carbocycles. The van der Waals surface area contributed by atoms with Gasteiger partial charge in [-0.1, -0.05) is 58.4 Å². The van der Waals surface area contributed by atoms with Crippen molar-refractivity contribution < 1.29 is 4.79 Å². The maximum atomic E-state index is 12.8. The zero-order valence-corrected chi connectivity index (χ0v) is 13.3. The largest absolute Gasteiger partial charge is 0.298 e. The molecule has 0 amide bonds. The molecule has 1 nitrogen and oxygen atoms in total. The van der Waals surface area contributed by atoms with Crippen molar-refractivity contribution in [2.75, 3.05) is 0 Å². The first-order valence-corrected chi connectivity index (χ1v) is 7.68. The van der Waals surface area contributed by atoms with E-state index in [1.54, 1.807) is 0 Å². The summed E-state index contributed by atoms with van der Waals surface area (Å²) in [4.78, 5) is 12.8. The van der Waals surface area contributed by atoms with Crippen molar-refractivity contribution in [3.63, 3.8) is 0 Å². The Bertz CT molecular complexity index is 673. The van der Waals surface area contributed by atoms with E-state index >= 15 is 0 Å². The second-order valence-corrected chi connectivity index (χ2v) is 6.78. The summed E-state index contributed by atoms with van der Waals surface area (Å²) in [6.45, 7) is 4.07. The molecule has 2 aromatic rings. The molecule has 0 saturated heterocycles. The molecule has 3 rings (SSSR count). The van der Waals surface area contributed by atoms with Crippen LogP contribution >= 0.6 is 15.9 Å². The number of carbonyl (C=O) groups excluding carboxylic acids is 1. The minimum Gasteiger partial charge on any atom is -0.298 e. The van der Waals surface area contributed by atoms with Gasteiger partial charge >= 0.3 is 0 Å². The Hall–Kier alpha value is -1.41. The van der Waals surface area contributed by atoms with E-state index in [0.29, 0.717) is 5.78 Å². The Kier molecular flexibility index (Phi) is 3.29. The van der Waals surface area contributed by atoms with Crippen molar-refractivity contribution in [3.05, 3.63) is 69.7 Å². The van der Waals surface area contributed by atoms with Crippen LogP contribution < -0.4 is 0 Å². The topological polar surface area (TPSA) is 17.1 Å². The van der Waals surface area contributed by atoms with E-state index in [1.807, 2.05) is 44.2 Å². The molecular formula is C18H17BrO. The van der Waals surface area contributed by atoms with Crippen molar-refractivity contribution in [1.29, 1.82) is 0 Å². The lowest BCUT2D eigenvalue weighted by molar-refractivity contribution is -0.123. The Balaban J connectivity index is 2.03. The number of fused-ring (bicyclic) bond motifs is 1. The van der Waals surface area contributed by atoms with Gasteiger partial charge in [0.15, 0.2) is 5.78 Å². The number of hydrogen-bond acceptors (Lipinski definition) is 1. The number of rotatable bonds is 2. The van der Waals surface area contributed by atoms with Crippen LogP contribution in [0.25, 0.3) is 0 Å². The van der Waals surface area contributed by atoms with Crippen molar-refractivity contribution in [3.8, 4) is 0 Å². The smallest absolute Gasteiger partial charge is 0.150 e. The lowest BCUT2D eigenvalue weighted by Gasteiger charge is -2.18. The second-order valence-electron chi connectivity index (χ2n) is 5.92. The standard InChI is InChI=1S/C18H17BrO/c1-18(2)15-9-5-4-8-13(15)14(17(18)20)11-12-7-3-6-10-16(12)19/h3-10,14H,11H2,1-2H3/t14-/m1/s1. The zero-order chi connectivity index (χ0) is 14.3. The van der Waals surface area contributed by atoms with E-state index in [2.05, 4.69) is 34.1 Å². The summed E-state index contributed by atoms with van der Waals surface area (Å²) in [5.41, 5.74) is 3.20. The monoisotopic (exact) mass is 328 g/mol. The molecule has 1 aliphatic carbocycles. The van der Waals surface area contributed by atoms with Crippen LogP contribution in [0.15, 0.2) is 53.0 Å². The molecule has 0 fully saturated rings. The highest BCUT2D eigenvalue weighted by molar-refractivity contribution is 9.10. The first-order valence-electron chi connectivity index (χ1n) is 6.89. The maximum Gasteiger partial charge on any atom is 0.150 e. The van der Waals surface area contributed by atoms with Crippen LogP contribution in [0.5, 0.6) is 0 Å². The molecule has 1 aliphatic rings. The lowest BCUT2D eigenvalue weighted by Crippen LogP contribution is -2.26. The van der Waals surface area contributed by atoms with E-state index < -0.39 is 0 Å². The van der Waals surface area contributed by atoms with Crippen molar-refractivity contribution in [1.82, 2.24) is 0 Å². The molecule has 0 aromatic heterocycles. The fourth-order valence-electron chi connectivity index (χ4n) is 3.17. The van der Waals surface area contributed by atoms with Crippen molar-refractivity contribution >= 4 is 21.7 Å². The average Bonchev–Trinajstić information content (AvgIpc) is 2.63. The minimum absolute atomic E-state index is 0.0279. The Morgan fingerprint density at radius 2 is 1.70 bits per heavy atom. The maximum absolute atomic E-state index is 12.8. The van der Waals surface area contributed by atoms with Crippen LogP contribution in [0.2, 0.25) is 0 Å². The van der Waals surface area contributed by atoms with E-state index in [9.17, 15) is 4.79 Å². The van der Waals surface area contributed by atoms with Gasteiger partial charge in [0.05, 0.1) is 0 Å². The highest BCUT2D eigenvalue weighted by Crippen LogP contribution is 2.44. The van der Waals surface area contributed by atoms with Gasteiger partial charge in [0.2, 0.25) is 0 Å². The quantitative estimate of drug-likeness (QED) is 0.785. The molecular weight excluding hydrogens is 312 g/mol. The summed E-state index contributed by atoms with van der Waals surface area (Å²) in [6, 6.07) is 16.4. The van der Waals surface area contributed by atoms with Gasteiger partial charge in [-0.25, -0.2) is 0 Å². The number of benzene rings is 2. The first kappa shape index (κ1) is 13.6. The molecule has 0 heterocycles. The predicted molar refractivity (Wildman–Crippen MR) is 85.1 cm³/mol. The molecule has 0 radical (unpaired) electrons. The van der Waals surface area contributed by atoms with Gasteiger partial charge < -0.3 is 0 Å². The summed E-state index contributed by atoms with van der Waals surface area (Å²) < 4.78 is 1.08. The van der Waals surface area contributed by atoms with Crippen LogP contribution in [-0.4, -0.2) is 5.78 Å². The molecule has 0 spiro atoms. The molecule has 20 heavy (non-hydrogen) atoms. The molecule has 102 valence electrons. The van der Waals surface area contributed by atoms with Gasteiger partial charge in [-0.15, -0.1) is 0 Å². The fourth-order valence-corrected chi connectivity index (χ4v) is 3.61. The molecule has 0 N–H and O–H groups in total. The molecule has 2 heteroatoms. The summed E-state index contributed by atoms with van der Waals surface area (Å²) in [5, 5.41) is 0. The van der Waals surface area contributed by atoms with Crippen molar-refractivity contribution in [2.24, 2.45) is 0 Å². The van der Waals surface area contributed by atoms with E-state index in [1.165, 1.54) is 16.7 Å². The van der Waals surface area contributed by atoms with Gasteiger partial charge in [0.25, 0.3) is 0 Å². The summed E-state index contributed by atoms with van der Waals surface area (Å²) in [7, 11) is 0. The Labute approximate surface area is 128 Å². The molecule has 0 bridgehead atoms. The van der Waals surface area contributed by atoms with Crippen LogP contribution in [-0.2, 0) is 16.6 Å². The second kappa shape index (κ2) is 4.85. The molecule has 0 aliphatic heterocycles. The molecule has 2 aromatic carbocycles. The third-order valence-electron chi connectivity index (χ3n) is 4.32. The highest BCUT2D eigenvalue weighted by atomic mass is 79.9. The first-order chi connectivity index (χ1) is 9.51. The Morgan fingerprint density at radius 1 is 1.05 bits per heavy atom. The number of ketones is 1. The fraction of sp³-hybridized carbons (Fsp3) is 0.278. The van der Waals surface area contributed by atoms with Gasteiger partial charge in [-0.2, -0.15) is 0 Å². The van der Waals surface area contributed by atoms with Gasteiger partial charge in [0, 0.05) is 15.8 Å². The molecule has 1 atom stereocenters. The highest BCUT2D eigenvalue weighted by Gasteiger charge is 2.44. The van der Waals surface area contributed by atoms with Crippen LogP contribution in [0.3, 0.4) is 0 Å². The average molecular weight is 329 g/mol. The number of halogens is 1. The van der Waals surface area contributed by atoms with Gasteiger partial charge in [-0.3, -0.25) is 4.79 Å².